The largest absolute Gasteiger partial charge is 0.490 e. The molecular weight excluding hydrogens is 535 g/mol. The zero-order chi connectivity index (χ0) is 21.5. The predicted octanol–water partition coefficient (Wildman–Crippen LogP) is 4.67. The molecule has 1 aromatic heterocycles. The highest BCUT2D eigenvalue weighted by atomic mass is 127. The standard InChI is InChI=1S/C24H34N4O2S.HI/c1-3-25-24(26-16-18-9-10-20-21(15-18)30-13-6-12-29-20)27-17-19-7-4-11-28(2)23(19)22-8-5-14-31-22;/h5,8-10,14-15,19,23H,3-4,6-7,11-13,16-17H2,1-2H3,(H2,25,26,27);1H. The Morgan fingerprint density at radius 1 is 1.16 bits per heavy atom. The van der Waals surface area contributed by atoms with E-state index in [9.17, 15) is 0 Å². The fraction of sp³-hybridized carbons (Fsp3) is 0.542. The number of aliphatic imine (C=N–C) groups is 1. The van der Waals surface area contributed by atoms with Crippen LogP contribution >= 0.6 is 35.3 Å². The average Bonchev–Trinajstić information content (AvgIpc) is 3.20. The van der Waals surface area contributed by atoms with Gasteiger partial charge in [0.05, 0.1) is 19.8 Å². The van der Waals surface area contributed by atoms with Crippen molar-refractivity contribution in [3.8, 4) is 11.5 Å². The van der Waals surface area contributed by atoms with Crippen LogP contribution in [0.5, 0.6) is 11.5 Å². The van der Waals surface area contributed by atoms with Crippen molar-refractivity contribution in [2.45, 2.75) is 38.8 Å². The summed E-state index contributed by atoms with van der Waals surface area (Å²) in [4.78, 5) is 8.80. The normalized spacial score (nSPS) is 21.4. The molecule has 8 heteroatoms. The highest BCUT2D eigenvalue weighted by Crippen LogP contribution is 2.36. The summed E-state index contributed by atoms with van der Waals surface area (Å²) in [7, 11) is 2.25. The maximum Gasteiger partial charge on any atom is 0.191 e. The Labute approximate surface area is 212 Å². The van der Waals surface area contributed by atoms with Crippen molar-refractivity contribution >= 4 is 41.3 Å². The molecule has 4 rings (SSSR count). The molecule has 0 amide bonds. The summed E-state index contributed by atoms with van der Waals surface area (Å²) < 4.78 is 11.6. The Balaban J connectivity index is 0.00000289. The summed E-state index contributed by atoms with van der Waals surface area (Å²) >= 11 is 1.86. The van der Waals surface area contributed by atoms with Crippen molar-refractivity contribution in [3.05, 3.63) is 46.2 Å². The van der Waals surface area contributed by atoms with Crippen molar-refractivity contribution in [2.75, 3.05) is 39.9 Å². The lowest BCUT2D eigenvalue weighted by molar-refractivity contribution is 0.125. The Hall–Kier alpha value is -1.52. The first kappa shape index (κ1) is 25.1. The summed E-state index contributed by atoms with van der Waals surface area (Å²) in [6.45, 7) is 7.04. The highest BCUT2D eigenvalue weighted by Gasteiger charge is 2.31. The van der Waals surface area contributed by atoms with Gasteiger partial charge in [-0.15, -0.1) is 35.3 Å². The van der Waals surface area contributed by atoms with Crippen LogP contribution in [-0.4, -0.2) is 50.8 Å². The molecule has 0 radical (unpaired) electrons. The number of hydrogen-bond acceptors (Lipinski definition) is 5. The first-order valence-electron chi connectivity index (χ1n) is 11.4. The lowest BCUT2D eigenvalue weighted by Gasteiger charge is -2.39. The molecule has 0 spiro atoms. The van der Waals surface area contributed by atoms with Gasteiger partial charge in [-0.2, -0.15) is 0 Å². The van der Waals surface area contributed by atoms with E-state index >= 15 is 0 Å². The summed E-state index contributed by atoms with van der Waals surface area (Å²) in [5, 5.41) is 9.19. The highest BCUT2D eigenvalue weighted by molar-refractivity contribution is 14.0. The molecule has 1 aromatic carbocycles. The molecule has 1 saturated heterocycles. The molecule has 0 bridgehead atoms. The van der Waals surface area contributed by atoms with Gasteiger partial charge in [-0.05, 0) is 68.4 Å². The molecule has 2 aliphatic heterocycles. The second-order valence-corrected chi connectivity index (χ2v) is 9.23. The van der Waals surface area contributed by atoms with E-state index < -0.39 is 0 Å². The zero-order valence-electron chi connectivity index (χ0n) is 19.0. The van der Waals surface area contributed by atoms with Gasteiger partial charge in [0.25, 0.3) is 0 Å². The van der Waals surface area contributed by atoms with Gasteiger partial charge in [0.15, 0.2) is 17.5 Å². The molecule has 6 nitrogen and oxygen atoms in total. The number of thiophene rings is 1. The van der Waals surface area contributed by atoms with Gasteiger partial charge >= 0.3 is 0 Å². The van der Waals surface area contributed by atoms with Crippen LogP contribution in [0.2, 0.25) is 0 Å². The fourth-order valence-electron chi connectivity index (χ4n) is 4.43. The molecule has 176 valence electrons. The maximum absolute atomic E-state index is 5.82. The van der Waals surface area contributed by atoms with Crippen molar-refractivity contribution in [2.24, 2.45) is 10.9 Å². The number of piperidine rings is 1. The van der Waals surface area contributed by atoms with E-state index in [1.54, 1.807) is 0 Å². The molecule has 2 N–H and O–H groups in total. The number of rotatable bonds is 6. The quantitative estimate of drug-likeness (QED) is 0.301. The van der Waals surface area contributed by atoms with Crippen molar-refractivity contribution in [1.29, 1.82) is 0 Å². The smallest absolute Gasteiger partial charge is 0.191 e. The first-order chi connectivity index (χ1) is 15.2. The minimum Gasteiger partial charge on any atom is -0.490 e. The molecule has 1 fully saturated rings. The average molecular weight is 571 g/mol. The number of guanidine groups is 1. The zero-order valence-corrected chi connectivity index (χ0v) is 22.2. The molecule has 3 heterocycles. The van der Waals surface area contributed by atoms with Crippen molar-refractivity contribution < 1.29 is 9.47 Å². The van der Waals surface area contributed by atoms with E-state index in [4.69, 9.17) is 14.5 Å². The number of likely N-dealkylation sites (tertiary alicyclic amines) is 1. The SMILES string of the molecule is CCNC(=NCc1ccc2c(c1)OCCCO2)NCC1CCCN(C)C1c1cccs1.I. The minimum atomic E-state index is 0. The fourth-order valence-corrected chi connectivity index (χ4v) is 5.41. The third-order valence-corrected chi connectivity index (χ3v) is 6.89. The van der Waals surface area contributed by atoms with Crippen molar-refractivity contribution in [3.63, 3.8) is 0 Å². The number of fused-ring (bicyclic) bond motifs is 1. The number of hydrogen-bond donors (Lipinski definition) is 2. The predicted molar refractivity (Wildman–Crippen MR) is 143 cm³/mol. The number of halogens is 1. The second kappa shape index (κ2) is 12.6. The van der Waals surface area contributed by atoms with Gasteiger partial charge < -0.3 is 20.1 Å². The van der Waals surface area contributed by atoms with Crippen LogP contribution in [0.4, 0.5) is 0 Å². The molecule has 2 atom stereocenters. The third-order valence-electron chi connectivity index (χ3n) is 5.95. The summed E-state index contributed by atoms with van der Waals surface area (Å²) in [5.74, 6) is 3.09. The number of nitrogens with one attached hydrogen (secondary N) is 2. The summed E-state index contributed by atoms with van der Waals surface area (Å²) in [6, 6.07) is 11.0. The lowest BCUT2D eigenvalue weighted by atomic mass is 9.88. The summed E-state index contributed by atoms with van der Waals surface area (Å²) in [6.07, 6.45) is 3.40. The molecule has 32 heavy (non-hydrogen) atoms. The van der Waals surface area contributed by atoms with E-state index in [1.165, 1.54) is 17.7 Å². The van der Waals surface area contributed by atoms with Gasteiger partial charge in [0, 0.05) is 30.4 Å². The monoisotopic (exact) mass is 570 g/mol. The third kappa shape index (κ3) is 6.51. The minimum absolute atomic E-state index is 0. The van der Waals surface area contributed by atoms with Gasteiger partial charge in [0.1, 0.15) is 0 Å². The Bertz CT molecular complexity index is 862. The van der Waals surface area contributed by atoms with E-state index in [1.807, 2.05) is 17.4 Å². The van der Waals surface area contributed by atoms with Crippen LogP contribution in [0.15, 0.2) is 40.7 Å². The molecule has 2 aliphatic rings. The Morgan fingerprint density at radius 3 is 2.78 bits per heavy atom. The number of benzene rings is 1. The molecular formula is C24H35IN4O2S. The first-order valence-corrected chi connectivity index (χ1v) is 12.3. The topological polar surface area (TPSA) is 58.1 Å². The number of ether oxygens (including phenoxy) is 2. The molecule has 0 aliphatic carbocycles. The van der Waals surface area contributed by atoms with Crippen LogP contribution in [-0.2, 0) is 6.54 Å². The van der Waals surface area contributed by atoms with Crippen LogP contribution in [0.25, 0.3) is 0 Å². The van der Waals surface area contributed by atoms with E-state index in [0.717, 1.165) is 49.1 Å². The Morgan fingerprint density at radius 2 is 2.00 bits per heavy atom. The van der Waals surface area contributed by atoms with Crippen LogP contribution in [0.3, 0.4) is 0 Å². The molecule has 2 aromatic rings. The van der Waals surface area contributed by atoms with Gasteiger partial charge in [-0.1, -0.05) is 12.1 Å². The van der Waals surface area contributed by atoms with Crippen LogP contribution in [0.1, 0.15) is 42.7 Å². The van der Waals surface area contributed by atoms with Gasteiger partial charge in [-0.25, -0.2) is 4.99 Å². The van der Waals surface area contributed by atoms with Gasteiger partial charge in [0.2, 0.25) is 0 Å². The van der Waals surface area contributed by atoms with Gasteiger partial charge in [-0.3, -0.25) is 4.90 Å². The van der Waals surface area contributed by atoms with E-state index in [2.05, 4.69) is 59.2 Å². The molecule has 0 saturated carbocycles. The second-order valence-electron chi connectivity index (χ2n) is 8.25. The summed E-state index contributed by atoms with van der Waals surface area (Å²) in [5.41, 5.74) is 1.12. The molecule has 2 unspecified atom stereocenters. The van der Waals surface area contributed by atoms with E-state index in [0.29, 0.717) is 31.7 Å². The lowest BCUT2D eigenvalue weighted by Crippen LogP contribution is -2.44. The maximum atomic E-state index is 5.82. The van der Waals surface area contributed by atoms with E-state index in [-0.39, 0.29) is 24.0 Å². The Kier molecular flexibility index (Phi) is 9.92. The van der Waals surface area contributed by atoms with Crippen molar-refractivity contribution in [1.82, 2.24) is 15.5 Å². The van der Waals surface area contributed by atoms with Crippen LogP contribution in [0, 0.1) is 5.92 Å². The van der Waals surface area contributed by atoms with Crippen LogP contribution < -0.4 is 20.1 Å². The number of nitrogens with zero attached hydrogens (tertiary/aromatic N) is 2.